The summed E-state index contributed by atoms with van der Waals surface area (Å²) in [6.45, 7) is 10.8. The smallest absolute Gasteiger partial charge is 0.0718 e. The molecule has 2 heterocycles. The molecule has 2 N–H and O–H groups in total. The van der Waals surface area contributed by atoms with E-state index in [2.05, 4.69) is 32.6 Å². The Kier molecular flexibility index (Phi) is 2.61. The number of nitrogens with zero attached hydrogens (tertiary/aromatic N) is 1. The van der Waals surface area contributed by atoms with Crippen LogP contribution >= 0.6 is 0 Å². The zero-order chi connectivity index (χ0) is 11.3. The zero-order valence-electron chi connectivity index (χ0n) is 10.4. The van der Waals surface area contributed by atoms with Crippen molar-refractivity contribution in [3.05, 3.63) is 0 Å². The van der Waals surface area contributed by atoms with Gasteiger partial charge in [-0.1, -0.05) is 0 Å². The fourth-order valence-corrected chi connectivity index (χ4v) is 3.36. The van der Waals surface area contributed by atoms with Crippen LogP contribution in [-0.4, -0.2) is 41.3 Å². The number of hydrogen-bond acceptors (Lipinski definition) is 3. The molecule has 2 saturated heterocycles. The molecule has 0 spiro atoms. The fraction of sp³-hybridized carbons (Fsp3) is 1.00. The van der Waals surface area contributed by atoms with Gasteiger partial charge in [-0.05, 0) is 40.5 Å². The van der Waals surface area contributed by atoms with Crippen LogP contribution in [0.1, 0.15) is 40.5 Å². The largest absolute Gasteiger partial charge is 0.375 e. The van der Waals surface area contributed by atoms with Crippen molar-refractivity contribution in [1.29, 1.82) is 0 Å². The Labute approximate surface area is 93.0 Å². The monoisotopic (exact) mass is 212 g/mol. The predicted octanol–water partition coefficient (Wildman–Crippen LogP) is 1.37. The van der Waals surface area contributed by atoms with Gasteiger partial charge in [0.1, 0.15) is 0 Å². The van der Waals surface area contributed by atoms with Crippen LogP contribution in [0.25, 0.3) is 0 Å². The molecule has 0 aromatic heterocycles. The molecule has 0 radical (unpaired) electrons. The van der Waals surface area contributed by atoms with Crippen molar-refractivity contribution in [3.8, 4) is 0 Å². The highest BCUT2D eigenvalue weighted by atomic mass is 16.5. The Balaban J connectivity index is 2.03. The van der Waals surface area contributed by atoms with E-state index in [0.717, 1.165) is 19.6 Å². The van der Waals surface area contributed by atoms with Gasteiger partial charge in [0, 0.05) is 23.7 Å². The lowest BCUT2D eigenvalue weighted by atomic mass is 9.86. The molecule has 2 bridgehead atoms. The van der Waals surface area contributed by atoms with Crippen LogP contribution in [0.15, 0.2) is 0 Å². The maximum Gasteiger partial charge on any atom is 0.0718 e. The number of morpholine rings is 1. The summed E-state index contributed by atoms with van der Waals surface area (Å²) in [5.74, 6) is 0. The molecule has 0 aromatic rings. The minimum Gasteiger partial charge on any atom is -0.375 e. The van der Waals surface area contributed by atoms with Gasteiger partial charge < -0.3 is 10.5 Å². The molecule has 3 nitrogen and oxygen atoms in total. The third-order valence-electron chi connectivity index (χ3n) is 3.57. The summed E-state index contributed by atoms with van der Waals surface area (Å²) in [7, 11) is 0. The predicted molar refractivity (Wildman–Crippen MR) is 61.8 cm³/mol. The van der Waals surface area contributed by atoms with Gasteiger partial charge in [-0.3, -0.25) is 4.90 Å². The lowest BCUT2D eigenvalue weighted by Crippen LogP contribution is -2.54. The van der Waals surface area contributed by atoms with E-state index in [1.165, 1.54) is 6.42 Å². The second-order valence-corrected chi connectivity index (χ2v) is 6.48. The first-order chi connectivity index (χ1) is 6.78. The molecule has 2 unspecified atom stereocenters. The Bertz CT molecular complexity index is 244. The molecular weight excluding hydrogens is 188 g/mol. The second-order valence-electron chi connectivity index (χ2n) is 6.48. The molecule has 15 heavy (non-hydrogen) atoms. The molecule has 0 amide bonds. The third kappa shape index (κ3) is 2.35. The lowest BCUT2D eigenvalue weighted by Gasteiger charge is -2.44. The Morgan fingerprint density at radius 1 is 1.33 bits per heavy atom. The molecular formula is C12H24N2O. The normalized spacial score (nSPS) is 32.6. The molecule has 0 saturated carbocycles. The molecule has 88 valence electrons. The van der Waals surface area contributed by atoms with E-state index in [1.807, 2.05) is 0 Å². The SMILES string of the molecule is CC(C)(N)CC(C)(C)N1CC2CC1CO2. The van der Waals surface area contributed by atoms with Crippen molar-refractivity contribution >= 4 is 0 Å². The average molecular weight is 212 g/mol. The summed E-state index contributed by atoms with van der Waals surface area (Å²) in [6, 6.07) is 0.632. The highest BCUT2D eigenvalue weighted by molar-refractivity contribution is 5.00. The molecule has 0 aromatic carbocycles. The minimum atomic E-state index is -0.0911. The molecule has 2 aliphatic rings. The van der Waals surface area contributed by atoms with Gasteiger partial charge in [-0.2, -0.15) is 0 Å². The number of rotatable bonds is 3. The van der Waals surface area contributed by atoms with Crippen LogP contribution in [-0.2, 0) is 4.74 Å². The number of nitrogens with two attached hydrogens (primary N) is 1. The molecule has 2 fully saturated rings. The molecule has 2 rings (SSSR count). The van der Waals surface area contributed by atoms with Crippen molar-refractivity contribution in [2.24, 2.45) is 5.73 Å². The van der Waals surface area contributed by atoms with Crippen LogP contribution in [0.4, 0.5) is 0 Å². The standard InChI is InChI=1S/C12H24N2O/c1-11(2,13)8-12(3,4)14-6-10-5-9(14)7-15-10/h9-10H,5-8,13H2,1-4H3. The fourth-order valence-electron chi connectivity index (χ4n) is 3.36. The van der Waals surface area contributed by atoms with Crippen molar-refractivity contribution in [3.63, 3.8) is 0 Å². The van der Waals surface area contributed by atoms with Gasteiger partial charge >= 0.3 is 0 Å². The summed E-state index contributed by atoms with van der Waals surface area (Å²) in [4.78, 5) is 2.59. The van der Waals surface area contributed by atoms with Crippen LogP contribution in [0.3, 0.4) is 0 Å². The van der Waals surface area contributed by atoms with Gasteiger partial charge in [0.2, 0.25) is 0 Å². The first-order valence-corrected chi connectivity index (χ1v) is 5.95. The van der Waals surface area contributed by atoms with E-state index in [4.69, 9.17) is 10.5 Å². The molecule has 2 aliphatic heterocycles. The van der Waals surface area contributed by atoms with E-state index in [0.29, 0.717) is 12.1 Å². The maximum atomic E-state index is 6.13. The van der Waals surface area contributed by atoms with E-state index >= 15 is 0 Å². The Hall–Kier alpha value is -0.120. The summed E-state index contributed by atoms with van der Waals surface area (Å²) in [5, 5.41) is 0. The average Bonchev–Trinajstić information content (AvgIpc) is 2.58. The van der Waals surface area contributed by atoms with Crippen LogP contribution in [0, 0.1) is 0 Å². The van der Waals surface area contributed by atoms with Gasteiger partial charge in [-0.25, -0.2) is 0 Å². The van der Waals surface area contributed by atoms with E-state index in [-0.39, 0.29) is 11.1 Å². The van der Waals surface area contributed by atoms with Crippen molar-refractivity contribution in [2.45, 2.75) is 63.8 Å². The number of ether oxygens (including phenoxy) is 1. The summed E-state index contributed by atoms with van der Waals surface area (Å²) in [5.41, 5.74) is 6.23. The third-order valence-corrected chi connectivity index (χ3v) is 3.57. The highest BCUT2D eigenvalue weighted by Gasteiger charge is 2.46. The Morgan fingerprint density at radius 2 is 2.00 bits per heavy atom. The van der Waals surface area contributed by atoms with Crippen molar-refractivity contribution in [2.75, 3.05) is 13.2 Å². The number of hydrogen-bond donors (Lipinski definition) is 1. The molecule has 2 atom stereocenters. The summed E-state index contributed by atoms with van der Waals surface area (Å²) in [6.07, 6.45) is 2.73. The maximum absolute atomic E-state index is 6.13. The summed E-state index contributed by atoms with van der Waals surface area (Å²) < 4.78 is 5.63. The van der Waals surface area contributed by atoms with Crippen molar-refractivity contribution in [1.82, 2.24) is 4.90 Å². The highest BCUT2D eigenvalue weighted by Crippen LogP contribution is 2.36. The Morgan fingerprint density at radius 3 is 2.40 bits per heavy atom. The van der Waals surface area contributed by atoms with Gasteiger partial charge in [0.15, 0.2) is 0 Å². The number of likely N-dealkylation sites (tertiary alicyclic amines) is 1. The minimum absolute atomic E-state index is 0.0911. The second kappa shape index (κ2) is 3.44. The van der Waals surface area contributed by atoms with E-state index < -0.39 is 0 Å². The van der Waals surface area contributed by atoms with E-state index in [9.17, 15) is 0 Å². The van der Waals surface area contributed by atoms with Crippen LogP contribution < -0.4 is 5.73 Å². The first-order valence-electron chi connectivity index (χ1n) is 5.95. The van der Waals surface area contributed by atoms with Crippen LogP contribution in [0.2, 0.25) is 0 Å². The quantitative estimate of drug-likeness (QED) is 0.768. The van der Waals surface area contributed by atoms with Gasteiger partial charge in [0.05, 0.1) is 12.7 Å². The molecule has 3 heteroatoms. The summed E-state index contributed by atoms with van der Waals surface area (Å²) >= 11 is 0. The van der Waals surface area contributed by atoms with E-state index in [1.54, 1.807) is 0 Å². The lowest BCUT2D eigenvalue weighted by molar-refractivity contribution is -0.0218. The first kappa shape index (κ1) is 11.4. The van der Waals surface area contributed by atoms with Crippen molar-refractivity contribution < 1.29 is 4.74 Å². The topological polar surface area (TPSA) is 38.5 Å². The number of fused-ring (bicyclic) bond motifs is 2. The van der Waals surface area contributed by atoms with Gasteiger partial charge in [-0.15, -0.1) is 0 Å². The zero-order valence-corrected chi connectivity index (χ0v) is 10.4. The van der Waals surface area contributed by atoms with Gasteiger partial charge in [0.25, 0.3) is 0 Å². The molecule has 0 aliphatic carbocycles. The van der Waals surface area contributed by atoms with Crippen LogP contribution in [0.5, 0.6) is 0 Å².